The number of ether oxygens (including phenoxy) is 1. The van der Waals surface area contributed by atoms with Crippen LogP contribution in [-0.2, 0) is 6.18 Å². The summed E-state index contributed by atoms with van der Waals surface area (Å²) in [5.74, 6) is -1.07. The van der Waals surface area contributed by atoms with Crippen molar-refractivity contribution in [1.29, 1.82) is 0 Å². The summed E-state index contributed by atoms with van der Waals surface area (Å²) in [6, 6.07) is 12.5. The third kappa shape index (κ3) is 5.62. The zero-order valence-electron chi connectivity index (χ0n) is 16.7. The third-order valence-corrected chi connectivity index (χ3v) is 4.51. The van der Waals surface area contributed by atoms with Gasteiger partial charge in [0.2, 0.25) is 0 Å². The van der Waals surface area contributed by atoms with Crippen LogP contribution >= 0.6 is 0 Å². The molecule has 1 heterocycles. The highest BCUT2D eigenvalue weighted by Gasteiger charge is 2.40. The van der Waals surface area contributed by atoms with E-state index in [0.717, 1.165) is 29.6 Å². The molecule has 0 saturated heterocycles. The van der Waals surface area contributed by atoms with Gasteiger partial charge in [0, 0.05) is 6.54 Å². The summed E-state index contributed by atoms with van der Waals surface area (Å²) in [6.07, 6.45) is -2.98. The Balaban J connectivity index is 1.59. The fourth-order valence-corrected chi connectivity index (χ4v) is 2.94. The van der Waals surface area contributed by atoms with Crippen LogP contribution in [0.3, 0.4) is 0 Å². The van der Waals surface area contributed by atoms with Gasteiger partial charge in [-0.15, -0.1) is 0 Å². The number of aryl methyl sites for hydroxylation is 1. The van der Waals surface area contributed by atoms with Crippen molar-refractivity contribution in [2.24, 2.45) is 0 Å². The number of hydrogen-bond donors (Lipinski definition) is 1. The van der Waals surface area contributed by atoms with Crippen molar-refractivity contribution in [3.8, 4) is 11.4 Å². The molecule has 1 aromatic heterocycles. The van der Waals surface area contributed by atoms with E-state index in [4.69, 9.17) is 4.74 Å². The standard InChI is InChI=1S/C22H21F4N3O2/c1-15-8-10-16(11-9-15)31-13-5-4-12-27-21(30)17-14-28-29(20(17)22(24,25)26)19-7-3-2-6-18(19)23/h2-3,6-11,14H,4-5,12-13H2,1H3,(H,27,30). The summed E-state index contributed by atoms with van der Waals surface area (Å²) in [4.78, 5) is 12.3. The topological polar surface area (TPSA) is 56.1 Å². The summed E-state index contributed by atoms with van der Waals surface area (Å²) in [7, 11) is 0. The third-order valence-electron chi connectivity index (χ3n) is 4.51. The molecule has 2 aromatic carbocycles. The molecule has 9 heteroatoms. The summed E-state index contributed by atoms with van der Waals surface area (Å²) in [5, 5.41) is 6.06. The van der Waals surface area contributed by atoms with E-state index in [1.807, 2.05) is 31.2 Å². The second-order valence-corrected chi connectivity index (χ2v) is 6.89. The van der Waals surface area contributed by atoms with Crippen LogP contribution in [0.15, 0.2) is 54.7 Å². The van der Waals surface area contributed by atoms with E-state index in [1.54, 1.807) is 0 Å². The molecule has 0 unspecified atom stereocenters. The summed E-state index contributed by atoms with van der Waals surface area (Å²) >= 11 is 0. The second-order valence-electron chi connectivity index (χ2n) is 6.89. The normalized spacial score (nSPS) is 11.4. The molecule has 1 amide bonds. The van der Waals surface area contributed by atoms with Crippen LogP contribution in [0.1, 0.15) is 34.5 Å². The molecule has 1 N–H and O–H groups in total. The first-order valence-electron chi connectivity index (χ1n) is 9.65. The van der Waals surface area contributed by atoms with Crippen molar-refractivity contribution in [3.05, 3.63) is 77.4 Å². The number of aromatic nitrogens is 2. The Morgan fingerprint density at radius 1 is 1.10 bits per heavy atom. The van der Waals surface area contributed by atoms with E-state index in [0.29, 0.717) is 24.1 Å². The lowest BCUT2D eigenvalue weighted by atomic mass is 10.2. The number of benzene rings is 2. The molecular weight excluding hydrogens is 414 g/mol. The summed E-state index contributed by atoms with van der Waals surface area (Å²) in [5.41, 5.74) is -1.25. The fourth-order valence-electron chi connectivity index (χ4n) is 2.94. The van der Waals surface area contributed by atoms with Crippen LogP contribution in [0, 0.1) is 12.7 Å². The Kier molecular flexibility index (Phi) is 6.94. The smallest absolute Gasteiger partial charge is 0.434 e. The van der Waals surface area contributed by atoms with Crippen LogP contribution < -0.4 is 10.1 Å². The first-order chi connectivity index (χ1) is 14.8. The molecular formula is C22H21F4N3O2. The second kappa shape index (κ2) is 9.63. The van der Waals surface area contributed by atoms with E-state index >= 15 is 0 Å². The first kappa shape index (κ1) is 22.3. The molecule has 0 aliphatic rings. The minimum atomic E-state index is -4.90. The number of carbonyl (C=O) groups is 1. The van der Waals surface area contributed by atoms with Gasteiger partial charge < -0.3 is 10.1 Å². The number of para-hydroxylation sites is 1. The lowest BCUT2D eigenvalue weighted by molar-refractivity contribution is -0.143. The van der Waals surface area contributed by atoms with Crippen molar-refractivity contribution in [2.75, 3.05) is 13.2 Å². The average molecular weight is 435 g/mol. The molecule has 3 aromatic rings. The number of carbonyl (C=O) groups excluding carboxylic acids is 1. The number of unbranched alkanes of at least 4 members (excludes halogenated alkanes) is 1. The highest BCUT2D eigenvalue weighted by Crippen LogP contribution is 2.34. The fraction of sp³-hybridized carbons (Fsp3) is 0.273. The Morgan fingerprint density at radius 2 is 1.81 bits per heavy atom. The summed E-state index contributed by atoms with van der Waals surface area (Å²) in [6.45, 7) is 2.55. The number of alkyl halides is 3. The monoisotopic (exact) mass is 435 g/mol. The lowest BCUT2D eigenvalue weighted by Crippen LogP contribution is -2.27. The molecule has 0 fully saturated rings. The van der Waals surface area contributed by atoms with Crippen molar-refractivity contribution in [3.63, 3.8) is 0 Å². The number of nitrogens with zero attached hydrogens (tertiary/aromatic N) is 2. The van der Waals surface area contributed by atoms with E-state index < -0.39 is 29.2 Å². The van der Waals surface area contributed by atoms with Gasteiger partial charge in [0.15, 0.2) is 5.69 Å². The zero-order chi connectivity index (χ0) is 22.4. The molecule has 0 radical (unpaired) electrons. The predicted octanol–water partition coefficient (Wildman–Crippen LogP) is 4.93. The Labute approximate surface area is 176 Å². The molecule has 0 spiro atoms. The maximum absolute atomic E-state index is 14.0. The van der Waals surface area contributed by atoms with Crippen LogP contribution in [0.5, 0.6) is 5.75 Å². The van der Waals surface area contributed by atoms with Gasteiger partial charge in [0.25, 0.3) is 5.91 Å². The Bertz CT molecular complexity index is 1030. The van der Waals surface area contributed by atoms with Crippen molar-refractivity contribution >= 4 is 5.91 Å². The molecule has 0 saturated carbocycles. The SMILES string of the molecule is Cc1ccc(OCCCCNC(=O)c2cnn(-c3ccccc3F)c2C(F)(F)F)cc1. The van der Waals surface area contributed by atoms with Crippen LogP contribution in [0.2, 0.25) is 0 Å². The van der Waals surface area contributed by atoms with E-state index in [-0.39, 0.29) is 12.2 Å². The van der Waals surface area contributed by atoms with Crippen molar-refractivity contribution < 1.29 is 27.1 Å². The van der Waals surface area contributed by atoms with Gasteiger partial charge in [-0.2, -0.15) is 18.3 Å². The van der Waals surface area contributed by atoms with Gasteiger partial charge in [0.05, 0.1) is 18.4 Å². The average Bonchev–Trinajstić information content (AvgIpc) is 3.18. The number of rotatable bonds is 8. The molecule has 0 aliphatic carbocycles. The van der Waals surface area contributed by atoms with Gasteiger partial charge in [-0.1, -0.05) is 29.8 Å². The molecule has 31 heavy (non-hydrogen) atoms. The molecule has 164 valence electrons. The molecule has 0 atom stereocenters. The highest BCUT2D eigenvalue weighted by atomic mass is 19.4. The van der Waals surface area contributed by atoms with Crippen LogP contribution in [0.4, 0.5) is 17.6 Å². The molecule has 3 rings (SSSR count). The predicted molar refractivity (Wildman–Crippen MR) is 107 cm³/mol. The maximum atomic E-state index is 14.0. The quantitative estimate of drug-likeness (QED) is 0.403. The molecule has 5 nitrogen and oxygen atoms in total. The number of nitrogens with one attached hydrogen (secondary N) is 1. The number of hydrogen-bond acceptors (Lipinski definition) is 3. The minimum Gasteiger partial charge on any atom is -0.494 e. The Hall–Kier alpha value is -3.36. The largest absolute Gasteiger partial charge is 0.494 e. The van der Waals surface area contributed by atoms with Crippen molar-refractivity contribution in [1.82, 2.24) is 15.1 Å². The molecule has 0 aliphatic heterocycles. The van der Waals surface area contributed by atoms with Crippen LogP contribution in [0.25, 0.3) is 5.69 Å². The van der Waals surface area contributed by atoms with Gasteiger partial charge in [-0.25, -0.2) is 9.07 Å². The van der Waals surface area contributed by atoms with Gasteiger partial charge in [-0.3, -0.25) is 4.79 Å². The lowest BCUT2D eigenvalue weighted by Gasteiger charge is -2.13. The molecule has 0 bridgehead atoms. The van der Waals surface area contributed by atoms with E-state index in [1.165, 1.54) is 12.1 Å². The van der Waals surface area contributed by atoms with Gasteiger partial charge >= 0.3 is 6.18 Å². The van der Waals surface area contributed by atoms with E-state index in [9.17, 15) is 22.4 Å². The number of halogens is 4. The zero-order valence-corrected chi connectivity index (χ0v) is 16.7. The van der Waals surface area contributed by atoms with E-state index in [2.05, 4.69) is 10.4 Å². The minimum absolute atomic E-state index is 0.165. The highest BCUT2D eigenvalue weighted by molar-refractivity contribution is 5.95. The van der Waals surface area contributed by atoms with Gasteiger partial charge in [0.1, 0.15) is 17.3 Å². The van der Waals surface area contributed by atoms with Gasteiger partial charge in [-0.05, 0) is 44.0 Å². The number of amides is 1. The Morgan fingerprint density at radius 3 is 2.48 bits per heavy atom. The summed E-state index contributed by atoms with van der Waals surface area (Å²) < 4.78 is 60.8. The van der Waals surface area contributed by atoms with Crippen molar-refractivity contribution in [2.45, 2.75) is 25.9 Å². The maximum Gasteiger partial charge on any atom is 0.434 e. The van der Waals surface area contributed by atoms with Crippen LogP contribution in [-0.4, -0.2) is 28.8 Å². The first-order valence-corrected chi connectivity index (χ1v) is 9.65.